The number of benzene rings is 1. The Kier molecular flexibility index (Phi) is 5.19. The van der Waals surface area contributed by atoms with Crippen molar-refractivity contribution in [1.29, 1.82) is 0 Å². The van der Waals surface area contributed by atoms with Crippen LogP contribution in [0.5, 0.6) is 5.75 Å². The second-order valence-electron chi connectivity index (χ2n) is 5.07. The van der Waals surface area contributed by atoms with Gasteiger partial charge in [-0.25, -0.2) is 0 Å². The Hall–Kier alpha value is -1.10. The van der Waals surface area contributed by atoms with Crippen LogP contribution >= 0.6 is 0 Å². The lowest BCUT2D eigenvalue weighted by atomic mass is 10.1. The van der Waals surface area contributed by atoms with Gasteiger partial charge in [-0.3, -0.25) is 4.90 Å². The van der Waals surface area contributed by atoms with Crippen molar-refractivity contribution < 1.29 is 9.47 Å². The zero-order valence-corrected chi connectivity index (χ0v) is 11.8. The van der Waals surface area contributed by atoms with E-state index in [4.69, 9.17) is 15.2 Å². The second-order valence-corrected chi connectivity index (χ2v) is 5.07. The first kappa shape index (κ1) is 14.3. The van der Waals surface area contributed by atoms with Crippen LogP contribution in [-0.2, 0) is 11.3 Å². The summed E-state index contributed by atoms with van der Waals surface area (Å²) in [5.41, 5.74) is 6.75. The van der Waals surface area contributed by atoms with Gasteiger partial charge in [-0.05, 0) is 26.5 Å². The fourth-order valence-electron chi connectivity index (χ4n) is 2.58. The molecule has 2 N–H and O–H groups in total. The second kappa shape index (κ2) is 6.89. The summed E-state index contributed by atoms with van der Waals surface area (Å²) in [5, 5.41) is 0. The molecule has 2 atom stereocenters. The summed E-state index contributed by atoms with van der Waals surface area (Å²) in [5.74, 6) is 0.897. The van der Waals surface area contributed by atoms with Crippen molar-refractivity contribution in [2.75, 3.05) is 26.8 Å². The Balaban J connectivity index is 1.79. The minimum atomic E-state index is 0.321. The normalized spacial score (nSPS) is 22.9. The van der Waals surface area contributed by atoms with Crippen LogP contribution in [0.2, 0.25) is 0 Å². The van der Waals surface area contributed by atoms with Gasteiger partial charge in [-0.2, -0.15) is 0 Å². The van der Waals surface area contributed by atoms with E-state index in [9.17, 15) is 0 Å². The van der Waals surface area contributed by atoms with Gasteiger partial charge >= 0.3 is 0 Å². The number of hydrogen-bond donors (Lipinski definition) is 1. The standard InChI is InChI=1S/C15H24N2O2/c1-12-14(7-9-18-12)17(2)8-10-19-15-6-4-3-5-13(15)11-16/h3-6,12,14H,7-11,16H2,1-2H3. The van der Waals surface area contributed by atoms with E-state index in [1.807, 2.05) is 24.3 Å². The monoisotopic (exact) mass is 264 g/mol. The van der Waals surface area contributed by atoms with Gasteiger partial charge in [0.15, 0.2) is 0 Å². The van der Waals surface area contributed by atoms with E-state index in [1.54, 1.807) is 0 Å². The van der Waals surface area contributed by atoms with E-state index in [1.165, 1.54) is 0 Å². The van der Waals surface area contributed by atoms with Crippen LogP contribution in [-0.4, -0.2) is 43.9 Å². The lowest BCUT2D eigenvalue weighted by Gasteiger charge is -2.26. The lowest BCUT2D eigenvalue weighted by molar-refractivity contribution is 0.0786. The van der Waals surface area contributed by atoms with E-state index in [0.717, 1.165) is 30.9 Å². The van der Waals surface area contributed by atoms with E-state index < -0.39 is 0 Å². The molecule has 19 heavy (non-hydrogen) atoms. The first-order chi connectivity index (χ1) is 9.22. The number of nitrogens with two attached hydrogens (primary N) is 1. The number of likely N-dealkylation sites (N-methyl/N-ethyl adjacent to an activating group) is 1. The van der Waals surface area contributed by atoms with Crippen molar-refractivity contribution in [3.05, 3.63) is 29.8 Å². The third-order valence-corrected chi connectivity index (χ3v) is 3.80. The highest BCUT2D eigenvalue weighted by Gasteiger charge is 2.27. The summed E-state index contributed by atoms with van der Waals surface area (Å²) in [4.78, 5) is 2.32. The van der Waals surface area contributed by atoms with Crippen molar-refractivity contribution in [3.63, 3.8) is 0 Å². The van der Waals surface area contributed by atoms with Crippen molar-refractivity contribution >= 4 is 0 Å². The Morgan fingerprint density at radius 2 is 2.21 bits per heavy atom. The molecule has 0 aromatic heterocycles. The van der Waals surface area contributed by atoms with Crippen molar-refractivity contribution in [1.82, 2.24) is 4.90 Å². The fraction of sp³-hybridized carbons (Fsp3) is 0.600. The molecule has 0 bridgehead atoms. The van der Waals surface area contributed by atoms with Gasteiger partial charge in [0.1, 0.15) is 12.4 Å². The lowest BCUT2D eigenvalue weighted by Crippen LogP contribution is -2.39. The average Bonchev–Trinajstić information content (AvgIpc) is 2.85. The van der Waals surface area contributed by atoms with Crippen LogP contribution in [0.15, 0.2) is 24.3 Å². The molecule has 2 rings (SSSR count). The predicted octanol–water partition coefficient (Wildman–Crippen LogP) is 1.63. The number of hydrogen-bond acceptors (Lipinski definition) is 4. The van der Waals surface area contributed by atoms with Crippen molar-refractivity contribution in [2.45, 2.75) is 32.0 Å². The Bertz CT molecular complexity index is 397. The molecule has 4 heteroatoms. The fourth-order valence-corrected chi connectivity index (χ4v) is 2.58. The maximum atomic E-state index is 5.83. The molecular weight excluding hydrogens is 240 g/mol. The molecule has 1 aliphatic rings. The van der Waals surface area contributed by atoms with Crippen LogP contribution in [0, 0.1) is 0 Å². The van der Waals surface area contributed by atoms with Gasteiger partial charge in [-0.15, -0.1) is 0 Å². The first-order valence-electron chi connectivity index (χ1n) is 6.95. The summed E-state index contributed by atoms with van der Waals surface area (Å²) < 4.78 is 11.4. The van der Waals surface area contributed by atoms with E-state index in [0.29, 0.717) is 25.3 Å². The SMILES string of the molecule is CC1OCCC1N(C)CCOc1ccccc1CN. The quantitative estimate of drug-likeness (QED) is 0.848. The highest BCUT2D eigenvalue weighted by Crippen LogP contribution is 2.19. The highest BCUT2D eigenvalue weighted by atomic mass is 16.5. The van der Waals surface area contributed by atoms with Gasteiger partial charge in [0, 0.05) is 31.3 Å². The average molecular weight is 264 g/mol. The summed E-state index contributed by atoms with van der Waals surface area (Å²) in [6.07, 6.45) is 1.43. The van der Waals surface area contributed by atoms with Crippen LogP contribution in [0.1, 0.15) is 18.9 Å². The molecule has 106 valence electrons. The molecule has 0 spiro atoms. The summed E-state index contributed by atoms with van der Waals surface area (Å²) in [6, 6.07) is 8.45. The molecule has 1 aliphatic heterocycles. The summed E-state index contributed by atoms with van der Waals surface area (Å²) in [6.45, 7) is 5.10. The van der Waals surface area contributed by atoms with Gasteiger partial charge < -0.3 is 15.2 Å². The first-order valence-corrected chi connectivity index (χ1v) is 6.95. The minimum absolute atomic E-state index is 0.321. The summed E-state index contributed by atoms with van der Waals surface area (Å²) in [7, 11) is 2.13. The molecule has 0 saturated carbocycles. The molecule has 1 saturated heterocycles. The molecule has 1 fully saturated rings. The van der Waals surface area contributed by atoms with Crippen LogP contribution < -0.4 is 10.5 Å². The molecule has 1 heterocycles. The maximum Gasteiger partial charge on any atom is 0.123 e. The number of nitrogens with zero attached hydrogens (tertiary/aromatic N) is 1. The van der Waals surface area contributed by atoms with Crippen LogP contribution in [0.3, 0.4) is 0 Å². The Labute approximate surface area is 115 Å². The van der Waals surface area contributed by atoms with Gasteiger partial charge in [0.2, 0.25) is 0 Å². The van der Waals surface area contributed by atoms with Gasteiger partial charge in [-0.1, -0.05) is 18.2 Å². The molecule has 1 aromatic carbocycles. The van der Waals surface area contributed by atoms with Crippen LogP contribution in [0.25, 0.3) is 0 Å². The third-order valence-electron chi connectivity index (χ3n) is 3.80. The minimum Gasteiger partial charge on any atom is -0.492 e. The van der Waals surface area contributed by atoms with E-state index >= 15 is 0 Å². The Morgan fingerprint density at radius 3 is 2.89 bits per heavy atom. The van der Waals surface area contributed by atoms with Gasteiger partial charge in [0.25, 0.3) is 0 Å². The largest absolute Gasteiger partial charge is 0.492 e. The smallest absolute Gasteiger partial charge is 0.123 e. The van der Waals surface area contributed by atoms with E-state index in [2.05, 4.69) is 18.9 Å². The number of ether oxygens (including phenoxy) is 2. The van der Waals surface area contributed by atoms with Crippen LogP contribution in [0.4, 0.5) is 0 Å². The molecular formula is C15H24N2O2. The predicted molar refractivity (Wildman–Crippen MR) is 76.3 cm³/mol. The molecule has 1 aromatic rings. The summed E-state index contributed by atoms with van der Waals surface area (Å²) >= 11 is 0. The third kappa shape index (κ3) is 3.69. The van der Waals surface area contributed by atoms with Crippen molar-refractivity contribution in [3.8, 4) is 5.75 Å². The number of para-hydroxylation sites is 1. The maximum absolute atomic E-state index is 5.83. The van der Waals surface area contributed by atoms with E-state index in [-0.39, 0.29) is 0 Å². The molecule has 0 radical (unpaired) electrons. The molecule has 4 nitrogen and oxygen atoms in total. The molecule has 0 amide bonds. The van der Waals surface area contributed by atoms with Crippen molar-refractivity contribution in [2.24, 2.45) is 5.73 Å². The molecule has 2 unspecified atom stereocenters. The Morgan fingerprint density at radius 1 is 1.42 bits per heavy atom. The van der Waals surface area contributed by atoms with Gasteiger partial charge in [0.05, 0.1) is 6.10 Å². The topological polar surface area (TPSA) is 47.7 Å². The molecule has 0 aliphatic carbocycles. The zero-order chi connectivity index (χ0) is 13.7. The number of rotatable bonds is 6. The highest BCUT2D eigenvalue weighted by molar-refractivity contribution is 5.32. The zero-order valence-electron chi connectivity index (χ0n) is 11.8.